The molecule has 0 aliphatic rings. The average molecular weight is 314 g/mol. The van der Waals surface area contributed by atoms with E-state index in [1.165, 1.54) is 5.56 Å². The van der Waals surface area contributed by atoms with Gasteiger partial charge in [-0.25, -0.2) is 0 Å². The number of amides is 1. The lowest BCUT2D eigenvalue weighted by atomic mass is 10.1. The Kier molecular flexibility index (Phi) is 7.30. The van der Waals surface area contributed by atoms with Gasteiger partial charge in [0.25, 0.3) is 0 Å². The van der Waals surface area contributed by atoms with Crippen molar-refractivity contribution in [1.29, 1.82) is 0 Å². The first-order valence-electron chi connectivity index (χ1n) is 8.47. The summed E-state index contributed by atoms with van der Waals surface area (Å²) in [6, 6.07) is 10.4. The van der Waals surface area contributed by atoms with Crippen molar-refractivity contribution < 1.29 is 4.79 Å². The van der Waals surface area contributed by atoms with Gasteiger partial charge in [0.05, 0.1) is 0 Å². The molecule has 1 N–H and O–H groups in total. The Bertz CT molecular complexity index is 580. The molecule has 1 heterocycles. The molecule has 5 nitrogen and oxygen atoms in total. The number of hydrogen-bond donors (Lipinski definition) is 1. The summed E-state index contributed by atoms with van der Waals surface area (Å²) in [5.74, 6) is 1.16. The molecule has 0 unspecified atom stereocenters. The molecule has 1 amide bonds. The number of carbonyl (C=O) groups excluding carboxylic acids is 1. The van der Waals surface area contributed by atoms with Crippen LogP contribution in [0.2, 0.25) is 0 Å². The normalized spacial score (nSPS) is 10.7. The van der Waals surface area contributed by atoms with Crippen molar-refractivity contribution in [3.05, 3.63) is 48.0 Å². The summed E-state index contributed by atoms with van der Waals surface area (Å²) in [6.07, 6.45) is 7.08. The van der Waals surface area contributed by atoms with E-state index in [0.717, 1.165) is 51.0 Å². The van der Waals surface area contributed by atoms with Crippen molar-refractivity contribution >= 4 is 5.91 Å². The van der Waals surface area contributed by atoms with Gasteiger partial charge in [-0.2, -0.15) is 0 Å². The number of benzene rings is 1. The summed E-state index contributed by atoms with van der Waals surface area (Å²) in [7, 11) is 0. The molecule has 0 aliphatic carbocycles. The molecule has 0 spiro atoms. The second-order valence-corrected chi connectivity index (χ2v) is 5.73. The van der Waals surface area contributed by atoms with E-state index in [9.17, 15) is 4.79 Å². The molecule has 5 heteroatoms. The number of nitrogens with one attached hydrogen (secondary N) is 1. The summed E-state index contributed by atoms with van der Waals surface area (Å²) in [4.78, 5) is 11.5. The van der Waals surface area contributed by atoms with Gasteiger partial charge in [0.2, 0.25) is 5.91 Å². The van der Waals surface area contributed by atoms with Crippen molar-refractivity contribution in [1.82, 2.24) is 20.1 Å². The van der Waals surface area contributed by atoms with E-state index in [1.807, 2.05) is 6.07 Å². The van der Waals surface area contributed by atoms with Crippen LogP contribution in [0.3, 0.4) is 0 Å². The van der Waals surface area contributed by atoms with Crippen molar-refractivity contribution in [2.75, 3.05) is 6.54 Å². The average Bonchev–Trinajstić information content (AvgIpc) is 3.03. The Morgan fingerprint density at radius 2 is 2.00 bits per heavy atom. The van der Waals surface area contributed by atoms with Gasteiger partial charge in [-0.1, -0.05) is 37.3 Å². The molecule has 1 aromatic carbocycles. The molecule has 0 aliphatic heterocycles. The maximum Gasteiger partial charge on any atom is 0.219 e. The molecule has 0 saturated carbocycles. The largest absolute Gasteiger partial charge is 0.356 e. The van der Waals surface area contributed by atoms with Crippen LogP contribution in [0, 0.1) is 0 Å². The van der Waals surface area contributed by atoms with Crippen LogP contribution < -0.4 is 5.32 Å². The molecular weight excluding hydrogens is 288 g/mol. The Labute approximate surface area is 138 Å². The van der Waals surface area contributed by atoms with E-state index in [2.05, 4.69) is 51.3 Å². The van der Waals surface area contributed by atoms with Crippen LogP contribution in [0.25, 0.3) is 0 Å². The number of aromatic nitrogens is 3. The fourth-order valence-electron chi connectivity index (χ4n) is 2.47. The van der Waals surface area contributed by atoms with Crippen molar-refractivity contribution in [2.24, 2.45) is 0 Å². The molecule has 0 bridgehead atoms. The second kappa shape index (κ2) is 9.77. The highest BCUT2D eigenvalue weighted by atomic mass is 16.1. The monoisotopic (exact) mass is 314 g/mol. The standard InChI is InChI=1S/C18H26N4O/c1-2-13-19-18(23)11-7-6-10-17-21-20-15-22(17)14-12-16-8-4-3-5-9-16/h3-5,8-9,15H,2,6-7,10-14H2,1H3,(H,19,23). The zero-order chi connectivity index (χ0) is 16.3. The molecule has 0 fully saturated rings. The quantitative estimate of drug-likeness (QED) is 0.686. The van der Waals surface area contributed by atoms with Crippen LogP contribution >= 0.6 is 0 Å². The SMILES string of the molecule is CCCNC(=O)CCCCc1nncn1CCc1ccccc1. The highest BCUT2D eigenvalue weighted by Gasteiger charge is 2.06. The molecule has 0 radical (unpaired) electrons. The van der Waals surface area contributed by atoms with E-state index in [0.29, 0.717) is 6.42 Å². The Hall–Kier alpha value is -2.17. The number of unbranched alkanes of at least 4 members (excludes halogenated alkanes) is 1. The number of aryl methyl sites for hydroxylation is 3. The van der Waals surface area contributed by atoms with E-state index in [-0.39, 0.29) is 5.91 Å². The first-order valence-corrected chi connectivity index (χ1v) is 8.47. The molecule has 2 rings (SSSR count). The third kappa shape index (κ3) is 6.22. The van der Waals surface area contributed by atoms with Crippen LogP contribution in [0.5, 0.6) is 0 Å². The first kappa shape index (κ1) is 17.2. The van der Waals surface area contributed by atoms with Crippen LogP contribution in [-0.2, 0) is 24.2 Å². The summed E-state index contributed by atoms with van der Waals surface area (Å²) in [6.45, 7) is 3.72. The van der Waals surface area contributed by atoms with Gasteiger partial charge in [0.15, 0.2) is 0 Å². The summed E-state index contributed by atoms with van der Waals surface area (Å²) < 4.78 is 2.12. The fraction of sp³-hybridized carbons (Fsp3) is 0.500. The number of nitrogens with zero attached hydrogens (tertiary/aromatic N) is 3. The third-order valence-corrected chi connectivity index (χ3v) is 3.81. The number of rotatable bonds is 10. The van der Waals surface area contributed by atoms with Gasteiger partial charge in [-0.3, -0.25) is 4.79 Å². The Balaban J connectivity index is 1.70. The molecule has 1 aromatic heterocycles. The van der Waals surface area contributed by atoms with Crippen molar-refractivity contribution in [2.45, 2.75) is 52.0 Å². The third-order valence-electron chi connectivity index (χ3n) is 3.81. The van der Waals surface area contributed by atoms with Gasteiger partial charge < -0.3 is 9.88 Å². The molecule has 23 heavy (non-hydrogen) atoms. The van der Waals surface area contributed by atoms with Crippen LogP contribution in [0.1, 0.15) is 44.0 Å². The van der Waals surface area contributed by atoms with Crippen molar-refractivity contribution in [3.8, 4) is 0 Å². The van der Waals surface area contributed by atoms with Crippen LogP contribution in [0.15, 0.2) is 36.7 Å². The van der Waals surface area contributed by atoms with Gasteiger partial charge >= 0.3 is 0 Å². The lowest BCUT2D eigenvalue weighted by Crippen LogP contribution is -2.23. The first-order chi connectivity index (χ1) is 11.3. The molecule has 0 atom stereocenters. The zero-order valence-corrected chi connectivity index (χ0v) is 13.9. The lowest BCUT2D eigenvalue weighted by molar-refractivity contribution is -0.121. The maximum absolute atomic E-state index is 11.5. The Morgan fingerprint density at radius 3 is 2.78 bits per heavy atom. The van der Waals surface area contributed by atoms with E-state index >= 15 is 0 Å². The lowest BCUT2D eigenvalue weighted by Gasteiger charge is -2.07. The van der Waals surface area contributed by atoms with Crippen LogP contribution in [0.4, 0.5) is 0 Å². The highest BCUT2D eigenvalue weighted by molar-refractivity contribution is 5.75. The summed E-state index contributed by atoms with van der Waals surface area (Å²) in [5, 5.41) is 11.1. The number of hydrogen-bond acceptors (Lipinski definition) is 3. The minimum Gasteiger partial charge on any atom is -0.356 e. The van der Waals surface area contributed by atoms with E-state index in [1.54, 1.807) is 6.33 Å². The van der Waals surface area contributed by atoms with Gasteiger partial charge in [-0.15, -0.1) is 10.2 Å². The highest BCUT2D eigenvalue weighted by Crippen LogP contribution is 2.07. The van der Waals surface area contributed by atoms with Crippen LogP contribution in [-0.4, -0.2) is 27.2 Å². The van der Waals surface area contributed by atoms with E-state index in [4.69, 9.17) is 0 Å². The fourth-order valence-corrected chi connectivity index (χ4v) is 2.47. The minimum absolute atomic E-state index is 0.150. The topological polar surface area (TPSA) is 59.8 Å². The second-order valence-electron chi connectivity index (χ2n) is 5.73. The Morgan fingerprint density at radius 1 is 1.17 bits per heavy atom. The molecule has 2 aromatic rings. The smallest absolute Gasteiger partial charge is 0.219 e. The van der Waals surface area contributed by atoms with Gasteiger partial charge in [0.1, 0.15) is 12.2 Å². The van der Waals surface area contributed by atoms with Gasteiger partial charge in [-0.05, 0) is 31.2 Å². The summed E-state index contributed by atoms with van der Waals surface area (Å²) >= 11 is 0. The number of carbonyl (C=O) groups is 1. The zero-order valence-electron chi connectivity index (χ0n) is 13.9. The molecular formula is C18H26N4O. The van der Waals surface area contributed by atoms with Crippen molar-refractivity contribution in [3.63, 3.8) is 0 Å². The maximum atomic E-state index is 11.5. The predicted octanol–water partition coefficient (Wildman–Crippen LogP) is 2.76. The molecule has 124 valence electrons. The van der Waals surface area contributed by atoms with Gasteiger partial charge in [0, 0.05) is 25.9 Å². The molecule has 0 saturated heterocycles. The minimum atomic E-state index is 0.150. The van der Waals surface area contributed by atoms with E-state index < -0.39 is 0 Å². The summed E-state index contributed by atoms with van der Waals surface area (Å²) in [5.41, 5.74) is 1.32. The predicted molar refractivity (Wildman–Crippen MR) is 91.0 cm³/mol.